The van der Waals surface area contributed by atoms with Gasteiger partial charge in [-0.05, 0) is 76.5 Å². The number of thioether (sulfide) groups is 1. The summed E-state index contributed by atoms with van der Waals surface area (Å²) < 4.78 is 14.3. The number of amides is 1. The molecule has 0 bridgehead atoms. The number of hydrogen-bond donors (Lipinski definition) is 0. The minimum atomic E-state index is -0.281. The summed E-state index contributed by atoms with van der Waals surface area (Å²) in [5.74, 6) is 0.694. The van der Waals surface area contributed by atoms with Crippen molar-refractivity contribution in [2.45, 2.75) is 31.1 Å². The molecule has 0 radical (unpaired) electrons. The fraction of sp³-hybridized carbons (Fsp3) is 0.391. The number of benzene rings is 2. The van der Waals surface area contributed by atoms with Crippen LogP contribution in [0.1, 0.15) is 24.8 Å². The molecule has 0 fully saturated rings. The Labute approximate surface area is 198 Å². The highest BCUT2D eigenvalue weighted by Gasteiger charge is 2.19. The molecule has 2 aromatic carbocycles. The summed E-state index contributed by atoms with van der Waals surface area (Å²) in [6.45, 7) is 3.59. The average molecular weight is 482 g/mol. The van der Waals surface area contributed by atoms with Crippen molar-refractivity contribution in [1.29, 1.82) is 0 Å². The minimum Gasteiger partial charge on any atom is -0.309 e. The zero-order valence-electron chi connectivity index (χ0n) is 18.1. The molecule has 0 aliphatic carbocycles. The van der Waals surface area contributed by atoms with Crippen LogP contribution >= 0.6 is 35.5 Å². The number of hydrogen-bond acceptors (Lipinski definition) is 5. The molecule has 168 valence electrons. The molecule has 8 heteroatoms. The summed E-state index contributed by atoms with van der Waals surface area (Å²) in [5, 5.41) is 0.658. The zero-order valence-corrected chi connectivity index (χ0v) is 20.6. The van der Waals surface area contributed by atoms with Gasteiger partial charge in [0.25, 0.3) is 0 Å². The van der Waals surface area contributed by atoms with Gasteiger partial charge in [0.05, 0.1) is 10.2 Å². The smallest absolute Gasteiger partial charge is 0.228 e. The molecule has 1 amide bonds. The number of thiazole rings is 1. The Balaban J connectivity index is 0.00000341. The minimum absolute atomic E-state index is 0. The van der Waals surface area contributed by atoms with Gasteiger partial charge in [0, 0.05) is 17.9 Å². The number of aryl methyl sites for hydroxylation is 1. The largest absolute Gasteiger partial charge is 0.309 e. The molecule has 0 saturated carbocycles. The maximum Gasteiger partial charge on any atom is 0.228 e. The van der Waals surface area contributed by atoms with Crippen LogP contribution in [-0.4, -0.2) is 48.7 Å². The number of carbonyl (C=O) groups is 1. The summed E-state index contributed by atoms with van der Waals surface area (Å²) in [6, 6.07) is 13.0. The lowest BCUT2D eigenvalue weighted by Gasteiger charge is -2.21. The second-order valence-electron chi connectivity index (χ2n) is 7.58. The van der Waals surface area contributed by atoms with Gasteiger partial charge < -0.3 is 4.90 Å². The predicted molar refractivity (Wildman–Crippen MR) is 133 cm³/mol. The molecule has 3 aromatic rings. The first-order valence-electron chi connectivity index (χ1n) is 10.1. The summed E-state index contributed by atoms with van der Waals surface area (Å²) in [5.41, 5.74) is 1.98. The monoisotopic (exact) mass is 481 g/mol. The summed E-state index contributed by atoms with van der Waals surface area (Å²) >= 11 is 3.15. The number of fused-ring (bicyclic) bond motifs is 1. The third-order valence-electron chi connectivity index (χ3n) is 4.68. The maximum atomic E-state index is 13.6. The van der Waals surface area contributed by atoms with Crippen LogP contribution in [0.4, 0.5) is 9.52 Å². The van der Waals surface area contributed by atoms with Crippen molar-refractivity contribution in [2.24, 2.45) is 0 Å². The van der Waals surface area contributed by atoms with E-state index in [0.717, 1.165) is 35.4 Å². The van der Waals surface area contributed by atoms with E-state index in [-0.39, 0.29) is 24.1 Å². The molecule has 0 N–H and O–H groups in total. The molecule has 4 nitrogen and oxygen atoms in total. The van der Waals surface area contributed by atoms with Gasteiger partial charge in [0.1, 0.15) is 5.82 Å². The molecule has 0 atom stereocenters. The number of halogens is 2. The number of rotatable bonds is 10. The molecule has 0 aliphatic heterocycles. The third-order valence-corrected chi connectivity index (χ3v) is 6.82. The Hall–Kier alpha value is -1.67. The van der Waals surface area contributed by atoms with Crippen LogP contribution in [0.3, 0.4) is 0 Å². The van der Waals surface area contributed by atoms with Gasteiger partial charge in [-0.15, -0.1) is 24.2 Å². The first kappa shape index (κ1) is 25.6. The molecular formula is C23H29ClFN3OS2. The number of aromatic nitrogens is 1. The van der Waals surface area contributed by atoms with Crippen LogP contribution < -0.4 is 4.90 Å². The molecule has 31 heavy (non-hydrogen) atoms. The molecule has 1 aromatic heterocycles. The van der Waals surface area contributed by atoms with Crippen LogP contribution in [0, 0.1) is 12.7 Å². The second kappa shape index (κ2) is 12.4. The number of carbonyl (C=O) groups excluding carboxylic acids is 1. The second-order valence-corrected chi connectivity index (χ2v) is 9.75. The van der Waals surface area contributed by atoms with Crippen molar-refractivity contribution in [2.75, 3.05) is 37.8 Å². The summed E-state index contributed by atoms with van der Waals surface area (Å²) in [6.07, 6.45) is 2.15. The van der Waals surface area contributed by atoms with Gasteiger partial charge in [0.15, 0.2) is 5.13 Å². The first-order chi connectivity index (χ1) is 14.4. The van der Waals surface area contributed by atoms with Gasteiger partial charge in [-0.2, -0.15) is 0 Å². The molecule has 0 spiro atoms. The Morgan fingerprint density at radius 2 is 1.84 bits per heavy atom. The van der Waals surface area contributed by atoms with Crippen LogP contribution in [-0.2, 0) is 4.79 Å². The van der Waals surface area contributed by atoms with Crippen LogP contribution in [0.15, 0.2) is 47.4 Å². The van der Waals surface area contributed by atoms with E-state index >= 15 is 0 Å². The van der Waals surface area contributed by atoms with E-state index in [1.807, 2.05) is 14.1 Å². The third kappa shape index (κ3) is 7.75. The Bertz CT molecular complexity index is 979. The van der Waals surface area contributed by atoms with Gasteiger partial charge >= 0.3 is 0 Å². The highest BCUT2D eigenvalue weighted by Crippen LogP contribution is 2.30. The van der Waals surface area contributed by atoms with Crippen molar-refractivity contribution in [3.8, 4) is 0 Å². The standard InChI is InChI=1S/C23H28FN3OS2.ClH/c1-17-7-10-19(11-8-17)29-15-4-6-22(28)27(14-5-13-26(2)3)23-25-20-12-9-18(24)16-21(20)30-23;/h7-12,16H,4-6,13-15H2,1-3H3;1H. The maximum absolute atomic E-state index is 13.6. The topological polar surface area (TPSA) is 36.4 Å². The Morgan fingerprint density at radius 3 is 2.55 bits per heavy atom. The van der Waals surface area contributed by atoms with Crippen LogP contribution in [0.5, 0.6) is 0 Å². The van der Waals surface area contributed by atoms with Crippen LogP contribution in [0.25, 0.3) is 10.2 Å². The van der Waals surface area contributed by atoms with Gasteiger partial charge in [-0.1, -0.05) is 29.0 Å². The normalized spacial score (nSPS) is 11.0. The lowest BCUT2D eigenvalue weighted by atomic mass is 10.2. The molecule has 0 aliphatic rings. The first-order valence-corrected chi connectivity index (χ1v) is 11.9. The van der Waals surface area contributed by atoms with Gasteiger partial charge in [-0.25, -0.2) is 9.37 Å². The lowest BCUT2D eigenvalue weighted by molar-refractivity contribution is -0.118. The molecule has 3 rings (SSSR count). The SMILES string of the molecule is Cc1ccc(SCCCC(=O)N(CCCN(C)C)c2nc3ccc(F)cc3s2)cc1.Cl. The van der Waals surface area contributed by atoms with Crippen molar-refractivity contribution < 1.29 is 9.18 Å². The molecule has 0 saturated heterocycles. The summed E-state index contributed by atoms with van der Waals surface area (Å²) in [7, 11) is 4.05. The van der Waals surface area contributed by atoms with E-state index < -0.39 is 0 Å². The van der Waals surface area contributed by atoms with Crippen molar-refractivity contribution in [1.82, 2.24) is 9.88 Å². The van der Waals surface area contributed by atoms with Crippen LogP contribution in [0.2, 0.25) is 0 Å². The predicted octanol–water partition coefficient (Wildman–Crippen LogP) is 6.02. The average Bonchev–Trinajstić information content (AvgIpc) is 3.12. The molecular weight excluding hydrogens is 453 g/mol. The fourth-order valence-corrected chi connectivity index (χ4v) is 4.94. The van der Waals surface area contributed by atoms with E-state index in [2.05, 4.69) is 41.1 Å². The van der Waals surface area contributed by atoms with E-state index in [9.17, 15) is 9.18 Å². The van der Waals surface area contributed by atoms with E-state index in [1.165, 1.54) is 33.9 Å². The zero-order chi connectivity index (χ0) is 21.5. The molecule has 1 heterocycles. The van der Waals surface area contributed by atoms with Gasteiger partial charge in [-0.3, -0.25) is 9.69 Å². The van der Waals surface area contributed by atoms with Crippen molar-refractivity contribution in [3.05, 3.63) is 53.8 Å². The van der Waals surface area contributed by atoms with E-state index in [4.69, 9.17) is 0 Å². The quantitative estimate of drug-likeness (QED) is 0.262. The highest BCUT2D eigenvalue weighted by atomic mass is 35.5. The number of nitrogens with zero attached hydrogens (tertiary/aromatic N) is 3. The highest BCUT2D eigenvalue weighted by molar-refractivity contribution is 7.99. The molecule has 0 unspecified atom stereocenters. The lowest BCUT2D eigenvalue weighted by Crippen LogP contribution is -2.33. The van der Waals surface area contributed by atoms with Crippen molar-refractivity contribution >= 4 is 56.8 Å². The van der Waals surface area contributed by atoms with E-state index in [0.29, 0.717) is 18.1 Å². The van der Waals surface area contributed by atoms with E-state index in [1.54, 1.807) is 22.7 Å². The number of anilines is 1. The Morgan fingerprint density at radius 1 is 1.10 bits per heavy atom. The fourth-order valence-electron chi connectivity index (χ4n) is 3.06. The Kier molecular flexibility index (Phi) is 10.2. The van der Waals surface area contributed by atoms with Crippen molar-refractivity contribution in [3.63, 3.8) is 0 Å². The summed E-state index contributed by atoms with van der Waals surface area (Å²) in [4.78, 5) is 22.7. The van der Waals surface area contributed by atoms with Gasteiger partial charge in [0.2, 0.25) is 5.91 Å².